The fraction of sp³-hybridized carbons (Fsp3) is 0.467. The second-order valence-corrected chi connectivity index (χ2v) is 5.38. The van der Waals surface area contributed by atoms with Crippen LogP contribution in [0.1, 0.15) is 36.0 Å². The Hall–Kier alpha value is -1.75. The number of hydrogen-bond donors (Lipinski definition) is 1. The van der Waals surface area contributed by atoms with Crippen LogP contribution in [0, 0.1) is 0 Å². The van der Waals surface area contributed by atoms with E-state index in [1.54, 1.807) is 12.1 Å². The molecule has 1 N–H and O–H groups in total. The van der Waals surface area contributed by atoms with E-state index >= 15 is 0 Å². The zero-order valence-electron chi connectivity index (χ0n) is 11.9. The van der Waals surface area contributed by atoms with E-state index in [0.717, 1.165) is 25.7 Å². The van der Waals surface area contributed by atoms with Gasteiger partial charge in [0.15, 0.2) is 6.61 Å². The van der Waals surface area contributed by atoms with Crippen LogP contribution in [0.5, 0.6) is 5.75 Å². The fourth-order valence-electron chi connectivity index (χ4n) is 2.35. The van der Waals surface area contributed by atoms with Crippen LogP contribution in [0.15, 0.2) is 18.2 Å². The van der Waals surface area contributed by atoms with Gasteiger partial charge in [-0.1, -0.05) is 24.4 Å². The molecule has 5 nitrogen and oxygen atoms in total. The Morgan fingerprint density at radius 2 is 2.05 bits per heavy atom. The Morgan fingerprint density at radius 1 is 1.33 bits per heavy atom. The Kier molecular flexibility index (Phi) is 5.44. The molecule has 21 heavy (non-hydrogen) atoms. The van der Waals surface area contributed by atoms with E-state index in [4.69, 9.17) is 16.3 Å². The lowest BCUT2D eigenvalue weighted by Crippen LogP contribution is -2.36. The Balaban J connectivity index is 1.87. The van der Waals surface area contributed by atoms with Gasteiger partial charge in [-0.25, -0.2) is 4.79 Å². The van der Waals surface area contributed by atoms with Crippen molar-refractivity contribution in [2.45, 2.75) is 31.7 Å². The number of nitrogens with one attached hydrogen (secondary N) is 1. The number of methoxy groups -OCH3 is 1. The molecule has 114 valence electrons. The largest absolute Gasteiger partial charge is 0.482 e. The average molecular weight is 312 g/mol. The molecule has 0 unspecified atom stereocenters. The molecule has 0 aromatic heterocycles. The minimum atomic E-state index is -0.470. The molecular formula is C15H18ClNO4. The van der Waals surface area contributed by atoms with Gasteiger partial charge in [0.2, 0.25) is 0 Å². The highest BCUT2D eigenvalue weighted by Crippen LogP contribution is 2.25. The van der Waals surface area contributed by atoms with Gasteiger partial charge in [-0.3, -0.25) is 4.79 Å². The molecule has 0 radical (unpaired) electrons. The summed E-state index contributed by atoms with van der Waals surface area (Å²) in [4.78, 5) is 23.1. The van der Waals surface area contributed by atoms with E-state index in [1.807, 2.05) is 0 Å². The minimum absolute atomic E-state index is 0.0895. The van der Waals surface area contributed by atoms with E-state index in [-0.39, 0.29) is 23.6 Å². The van der Waals surface area contributed by atoms with Crippen molar-refractivity contribution in [2.75, 3.05) is 13.7 Å². The topological polar surface area (TPSA) is 64.6 Å². The third-order valence-electron chi connectivity index (χ3n) is 3.43. The molecule has 1 fully saturated rings. The smallest absolute Gasteiger partial charge is 0.337 e. The van der Waals surface area contributed by atoms with Gasteiger partial charge < -0.3 is 14.8 Å². The number of halogens is 1. The summed E-state index contributed by atoms with van der Waals surface area (Å²) in [5.41, 5.74) is 0.338. The standard InChI is InChI=1S/C15H18ClNO4/c1-20-15(19)10-6-7-13(12(16)8-10)21-9-14(18)17-11-4-2-3-5-11/h6-8,11H,2-5,9H2,1H3,(H,17,18). The Labute approximate surface area is 128 Å². The molecule has 0 heterocycles. The number of amides is 1. The number of esters is 1. The summed E-state index contributed by atoms with van der Waals surface area (Å²) < 4.78 is 9.98. The summed E-state index contributed by atoms with van der Waals surface area (Å²) >= 11 is 6.02. The normalized spacial score (nSPS) is 14.8. The number of carbonyl (C=O) groups is 2. The maximum absolute atomic E-state index is 11.8. The van der Waals surface area contributed by atoms with Gasteiger partial charge >= 0.3 is 5.97 Å². The van der Waals surface area contributed by atoms with Crippen LogP contribution in [0.3, 0.4) is 0 Å². The highest BCUT2D eigenvalue weighted by molar-refractivity contribution is 6.32. The summed E-state index contributed by atoms with van der Waals surface area (Å²) in [7, 11) is 1.30. The van der Waals surface area contributed by atoms with Crippen molar-refractivity contribution in [3.63, 3.8) is 0 Å². The van der Waals surface area contributed by atoms with Crippen molar-refractivity contribution < 1.29 is 19.1 Å². The second kappa shape index (κ2) is 7.31. The van der Waals surface area contributed by atoms with Gasteiger partial charge in [0.25, 0.3) is 5.91 Å². The average Bonchev–Trinajstić information content (AvgIpc) is 2.98. The second-order valence-electron chi connectivity index (χ2n) is 4.97. The number of ether oxygens (including phenoxy) is 2. The summed E-state index contributed by atoms with van der Waals surface area (Å²) in [6, 6.07) is 4.81. The lowest BCUT2D eigenvalue weighted by Gasteiger charge is -2.13. The van der Waals surface area contributed by atoms with Crippen molar-refractivity contribution in [1.29, 1.82) is 0 Å². The van der Waals surface area contributed by atoms with Crippen molar-refractivity contribution >= 4 is 23.5 Å². The summed E-state index contributed by atoms with van der Waals surface area (Å²) in [5, 5.41) is 3.20. The highest BCUT2D eigenvalue weighted by Gasteiger charge is 2.17. The molecule has 1 saturated carbocycles. The fourth-order valence-corrected chi connectivity index (χ4v) is 2.58. The lowest BCUT2D eigenvalue weighted by molar-refractivity contribution is -0.123. The van der Waals surface area contributed by atoms with E-state index in [1.165, 1.54) is 13.2 Å². The van der Waals surface area contributed by atoms with Crippen LogP contribution < -0.4 is 10.1 Å². The SMILES string of the molecule is COC(=O)c1ccc(OCC(=O)NC2CCCC2)c(Cl)c1. The van der Waals surface area contributed by atoms with Crippen LogP contribution in [0.2, 0.25) is 5.02 Å². The van der Waals surface area contributed by atoms with Gasteiger partial charge in [-0.2, -0.15) is 0 Å². The van der Waals surface area contributed by atoms with Crippen molar-refractivity contribution in [3.8, 4) is 5.75 Å². The molecule has 6 heteroatoms. The molecular weight excluding hydrogens is 294 g/mol. The summed E-state index contributed by atoms with van der Waals surface area (Å²) in [6.45, 7) is -0.0895. The first kappa shape index (κ1) is 15.6. The molecule has 0 aliphatic heterocycles. The van der Waals surface area contributed by atoms with Crippen LogP contribution in [-0.2, 0) is 9.53 Å². The predicted octanol–water partition coefficient (Wildman–Crippen LogP) is 2.56. The quantitative estimate of drug-likeness (QED) is 0.849. The molecule has 0 bridgehead atoms. The Morgan fingerprint density at radius 3 is 2.67 bits per heavy atom. The van der Waals surface area contributed by atoms with Crippen LogP contribution in [0.25, 0.3) is 0 Å². The molecule has 1 aromatic carbocycles. The van der Waals surface area contributed by atoms with Gasteiger partial charge in [0.05, 0.1) is 17.7 Å². The van der Waals surface area contributed by atoms with E-state index in [0.29, 0.717) is 11.3 Å². The van der Waals surface area contributed by atoms with Crippen molar-refractivity contribution in [1.82, 2.24) is 5.32 Å². The van der Waals surface area contributed by atoms with Gasteiger partial charge in [0.1, 0.15) is 5.75 Å². The minimum Gasteiger partial charge on any atom is -0.482 e. The van der Waals surface area contributed by atoms with Gasteiger partial charge in [-0.05, 0) is 31.0 Å². The van der Waals surface area contributed by atoms with Crippen LogP contribution in [-0.4, -0.2) is 31.6 Å². The number of hydrogen-bond acceptors (Lipinski definition) is 4. The molecule has 0 atom stereocenters. The predicted molar refractivity (Wildman–Crippen MR) is 78.7 cm³/mol. The lowest BCUT2D eigenvalue weighted by atomic mass is 10.2. The van der Waals surface area contributed by atoms with E-state index in [2.05, 4.69) is 10.1 Å². The molecule has 1 aromatic rings. The molecule has 0 saturated heterocycles. The van der Waals surface area contributed by atoms with Crippen molar-refractivity contribution in [3.05, 3.63) is 28.8 Å². The zero-order chi connectivity index (χ0) is 15.2. The third-order valence-corrected chi connectivity index (χ3v) is 3.73. The van der Waals surface area contributed by atoms with Crippen molar-refractivity contribution in [2.24, 2.45) is 0 Å². The zero-order valence-corrected chi connectivity index (χ0v) is 12.6. The molecule has 0 spiro atoms. The van der Waals surface area contributed by atoms with Crippen LogP contribution >= 0.6 is 11.6 Å². The molecule has 1 amide bonds. The summed E-state index contributed by atoms with van der Waals surface area (Å²) in [5.74, 6) is -0.261. The first-order valence-electron chi connectivity index (χ1n) is 6.90. The third kappa shape index (κ3) is 4.36. The van der Waals surface area contributed by atoms with E-state index < -0.39 is 5.97 Å². The molecule has 2 rings (SSSR count). The Bertz CT molecular complexity index is 526. The molecule has 1 aliphatic rings. The number of benzene rings is 1. The molecule has 1 aliphatic carbocycles. The van der Waals surface area contributed by atoms with Gasteiger partial charge in [0, 0.05) is 6.04 Å². The monoisotopic (exact) mass is 311 g/mol. The first-order valence-corrected chi connectivity index (χ1v) is 7.28. The summed E-state index contributed by atoms with van der Waals surface area (Å²) in [6.07, 6.45) is 4.37. The van der Waals surface area contributed by atoms with Gasteiger partial charge in [-0.15, -0.1) is 0 Å². The first-order chi connectivity index (χ1) is 10.1. The number of rotatable bonds is 5. The number of carbonyl (C=O) groups excluding carboxylic acids is 2. The highest BCUT2D eigenvalue weighted by atomic mass is 35.5. The maximum atomic E-state index is 11.8. The van der Waals surface area contributed by atoms with E-state index in [9.17, 15) is 9.59 Å². The maximum Gasteiger partial charge on any atom is 0.337 e. The van der Waals surface area contributed by atoms with Crippen LogP contribution in [0.4, 0.5) is 0 Å².